The SMILES string of the molecule is NCc1cc2c(nc1OCc1cccc(Cl)c1)CCCC2. The van der Waals surface area contributed by atoms with E-state index in [0.29, 0.717) is 24.1 Å². The highest BCUT2D eigenvalue weighted by atomic mass is 35.5. The number of pyridine rings is 1. The highest BCUT2D eigenvalue weighted by molar-refractivity contribution is 6.30. The van der Waals surface area contributed by atoms with Gasteiger partial charge < -0.3 is 10.5 Å². The number of nitrogens with zero attached hydrogens (tertiary/aromatic N) is 1. The summed E-state index contributed by atoms with van der Waals surface area (Å²) in [6.45, 7) is 0.907. The predicted molar refractivity (Wildman–Crippen MR) is 84.6 cm³/mol. The molecule has 1 aliphatic carbocycles. The van der Waals surface area contributed by atoms with E-state index in [-0.39, 0.29) is 0 Å². The molecule has 0 amide bonds. The number of fused-ring (bicyclic) bond motifs is 1. The Kier molecular flexibility index (Phi) is 4.42. The van der Waals surface area contributed by atoms with E-state index in [1.807, 2.05) is 24.3 Å². The maximum Gasteiger partial charge on any atom is 0.218 e. The molecular weight excluding hydrogens is 284 g/mol. The van der Waals surface area contributed by atoms with Crippen molar-refractivity contribution >= 4 is 11.6 Å². The number of aryl methyl sites for hydroxylation is 2. The zero-order valence-corrected chi connectivity index (χ0v) is 12.7. The van der Waals surface area contributed by atoms with E-state index in [0.717, 1.165) is 24.0 Å². The van der Waals surface area contributed by atoms with Gasteiger partial charge in [0, 0.05) is 22.8 Å². The van der Waals surface area contributed by atoms with Gasteiger partial charge in [0.2, 0.25) is 5.88 Å². The van der Waals surface area contributed by atoms with E-state index in [4.69, 9.17) is 22.1 Å². The van der Waals surface area contributed by atoms with Crippen LogP contribution in [0.2, 0.25) is 5.02 Å². The molecular formula is C17H19ClN2O. The molecule has 0 unspecified atom stereocenters. The average Bonchev–Trinajstić information content (AvgIpc) is 2.52. The van der Waals surface area contributed by atoms with Gasteiger partial charge in [-0.1, -0.05) is 23.7 Å². The van der Waals surface area contributed by atoms with Crippen molar-refractivity contribution in [2.45, 2.75) is 38.8 Å². The number of ether oxygens (including phenoxy) is 1. The number of nitrogens with two attached hydrogens (primary N) is 1. The molecule has 0 saturated carbocycles. The lowest BCUT2D eigenvalue weighted by molar-refractivity contribution is 0.289. The van der Waals surface area contributed by atoms with Crippen LogP contribution in [0.15, 0.2) is 30.3 Å². The van der Waals surface area contributed by atoms with Crippen LogP contribution in [0.3, 0.4) is 0 Å². The molecule has 0 saturated heterocycles. The Hall–Kier alpha value is -1.58. The number of rotatable bonds is 4. The molecule has 0 aliphatic heterocycles. The molecule has 4 heteroatoms. The third-order valence-corrected chi connectivity index (χ3v) is 4.06. The maximum absolute atomic E-state index is 5.99. The van der Waals surface area contributed by atoms with Crippen LogP contribution < -0.4 is 10.5 Å². The van der Waals surface area contributed by atoms with Crippen molar-refractivity contribution in [3.05, 3.63) is 57.7 Å². The third-order valence-electron chi connectivity index (χ3n) is 3.82. The molecule has 0 bridgehead atoms. The fraction of sp³-hybridized carbons (Fsp3) is 0.353. The molecule has 0 spiro atoms. The van der Waals surface area contributed by atoms with Gasteiger partial charge in [-0.05, 0) is 55.0 Å². The number of halogens is 1. The van der Waals surface area contributed by atoms with E-state index in [1.165, 1.54) is 24.1 Å². The van der Waals surface area contributed by atoms with Crippen molar-refractivity contribution in [2.75, 3.05) is 0 Å². The molecule has 1 heterocycles. The van der Waals surface area contributed by atoms with Crippen molar-refractivity contribution in [2.24, 2.45) is 5.73 Å². The third kappa shape index (κ3) is 3.36. The van der Waals surface area contributed by atoms with Crippen LogP contribution in [0.25, 0.3) is 0 Å². The predicted octanol–water partition coefficient (Wildman–Crippen LogP) is 3.65. The lowest BCUT2D eigenvalue weighted by atomic mass is 9.95. The molecule has 0 fully saturated rings. The van der Waals surface area contributed by atoms with Crippen molar-refractivity contribution in [3.63, 3.8) is 0 Å². The van der Waals surface area contributed by atoms with Gasteiger partial charge in [-0.2, -0.15) is 0 Å². The van der Waals surface area contributed by atoms with E-state index in [1.54, 1.807) is 0 Å². The molecule has 3 rings (SSSR count). The monoisotopic (exact) mass is 302 g/mol. The van der Waals surface area contributed by atoms with E-state index < -0.39 is 0 Å². The summed E-state index contributed by atoms with van der Waals surface area (Å²) in [5.74, 6) is 0.665. The Labute approximate surface area is 130 Å². The molecule has 1 aliphatic rings. The minimum absolute atomic E-state index is 0.450. The zero-order chi connectivity index (χ0) is 14.7. The Morgan fingerprint density at radius 1 is 1.19 bits per heavy atom. The smallest absolute Gasteiger partial charge is 0.218 e. The van der Waals surface area contributed by atoms with Crippen LogP contribution in [0, 0.1) is 0 Å². The highest BCUT2D eigenvalue weighted by Gasteiger charge is 2.15. The fourth-order valence-electron chi connectivity index (χ4n) is 2.71. The van der Waals surface area contributed by atoms with Gasteiger partial charge in [-0.15, -0.1) is 0 Å². The lowest BCUT2D eigenvalue weighted by Crippen LogP contribution is -2.11. The molecule has 1 aromatic carbocycles. The van der Waals surface area contributed by atoms with Crippen LogP contribution in [-0.4, -0.2) is 4.98 Å². The summed E-state index contributed by atoms with van der Waals surface area (Å²) in [6, 6.07) is 9.84. The first-order valence-corrected chi connectivity index (χ1v) is 7.73. The first-order valence-electron chi connectivity index (χ1n) is 7.35. The van der Waals surface area contributed by atoms with Gasteiger partial charge in [0.15, 0.2) is 0 Å². The summed E-state index contributed by atoms with van der Waals surface area (Å²) in [7, 11) is 0. The summed E-state index contributed by atoms with van der Waals surface area (Å²) in [4.78, 5) is 4.69. The first-order chi connectivity index (χ1) is 10.3. The Bertz CT molecular complexity index is 643. The Morgan fingerprint density at radius 2 is 2.05 bits per heavy atom. The lowest BCUT2D eigenvalue weighted by Gasteiger charge is -2.18. The minimum atomic E-state index is 0.450. The van der Waals surface area contributed by atoms with Crippen LogP contribution >= 0.6 is 11.6 Å². The first kappa shape index (κ1) is 14.4. The molecule has 3 nitrogen and oxygen atoms in total. The van der Waals surface area contributed by atoms with Gasteiger partial charge in [0.05, 0.1) is 0 Å². The van der Waals surface area contributed by atoms with E-state index in [9.17, 15) is 0 Å². The number of benzene rings is 1. The second-order valence-electron chi connectivity index (χ2n) is 5.39. The number of hydrogen-bond donors (Lipinski definition) is 1. The zero-order valence-electron chi connectivity index (χ0n) is 11.9. The van der Waals surface area contributed by atoms with E-state index in [2.05, 4.69) is 11.1 Å². The van der Waals surface area contributed by atoms with Crippen molar-refractivity contribution < 1.29 is 4.74 Å². The van der Waals surface area contributed by atoms with Gasteiger partial charge in [-0.3, -0.25) is 0 Å². The van der Waals surface area contributed by atoms with Gasteiger partial charge in [0.1, 0.15) is 6.61 Å². The average molecular weight is 303 g/mol. The number of aromatic nitrogens is 1. The molecule has 2 N–H and O–H groups in total. The summed E-state index contributed by atoms with van der Waals surface area (Å²) < 4.78 is 5.89. The molecule has 1 aromatic heterocycles. The number of hydrogen-bond acceptors (Lipinski definition) is 3. The second-order valence-corrected chi connectivity index (χ2v) is 5.82. The summed E-state index contributed by atoms with van der Waals surface area (Å²) >= 11 is 5.99. The van der Waals surface area contributed by atoms with Gasteiger partial charge >= 0.3 is 0 Å². The highest BCUT2D eigenvalue weighted by Crippen LogP contribution is 2.26. The van der Waals surface area contributed by atoms with Crippen molar-refractivity contribution in [1.82, 2.24) is 4.98 Å². The fourth-order valence-corrected chi connectivity index (χ4v) is 2.92. The van der Waals surface area contributed by atoms with Gasteiger partial charge in [-0.25, -0.2) is 4.98 Å². The van der Waals surface area contributed by atoms with Crippen LogP contribution in [0.1, 0.15) is 35.2 Å². The largest absolute Gasteiger partial charge is 0.473 e. The standard InChI is InChI=1S/C17H19ClN2O/c18-15-6-3-4-12(8-15)11-21-17-14(10-19)9-13-5-1-2-7-16(13)20-17/h3-4,6,8-9H,1-2,5,7,10-11,19H2. The molecule has 21 heavy (non-hydrogen) atoms. The summed E-state index contributed by atoms with van der Waals surface area (Å²) in [5, 5.41) is 0.716. The summed E-state index contributed by atoms with van der Waals surface area (Å²) in [6.07, 6.45) is 4.58. The molecule has 110 valence electrons. The topological polar surface area (TPSA) is 48.1 Å². The second kappa shape index (κ2) is 6.46. The molecule has 0 atom stereocenters. The quantitative estimate of drug-likeness (QED) is 0.938. The van der Waals surface area contributed by atoms with E-state index >= 15 is 0 Å². The molecule has 0 radical (unpaired) electrons. The normalized spacial score (nSPS) is 13.8. The molecule has 2 aromatic rings. The Morgan fingerprint density at radius 3 is 2.86 bits per heavy atom. The van der Waals surface area contributed by atoms with Gasteiger partial charge in [0.25, 0.3) is 0 Å². The summed E-state index contributed by atoms with van der Waals surface area (Å²) in [5.41, 5.74) is 10.3. The van der Waals surface area contributed by atoms with Crippen molar-refractivity contribution in [3.8, 4) is 5.88 Å². The van der Waals surface area contributed by atoms with Crippen LogP contribution in [-0.2, 0) is 26.0 Å². The van der Waals surface area contributed by atoms with Crippen molar-refractivity contribution in [1.29, 1.82) is 0 Å². The van der Waals surface area contributed by atoms with Crippen LogP contribution in [0.5, 0.6) is 5.88 Å². The van der Waals surface area contributed by atoms with Crippen LogP contribution in [0.4, 0.5) is 0 Å². The maximum atomic E-state index is 5.99. The minimum Gasteiger partial charge on any atom is -0.473 e. The Balaban J connectivity index is 1.81.